The van der Waals surface area contributed by atoms with Crippen LogP contribution in [0.2, 0.25) is 0 Å². The van der Waals surface area contributed by atoms with E-state index in [1.165, 1.54) is 11.1 Å². The van der Waals surface area contributed by atoms with E-state index in [4.69, 9.17) is 5.73 Å². The topological polar surface area (TPSA) is 32.5 Å². The molecule has 2 N–H and O–H groups in total. The van der Waals surface area contributed by atoms with Crippen molar-refractivity contribution >= 4 is 0 Å². The first-order valence-electron chi connectivity index (χ1n) is 7.92. The van der Waals surface area contributed by atoms with Crippen molar-refractivity contribution in [2.45, 2.75) is 32.7 Å². The number of benzene rings is 1. The summed E-state index contributed by atoms with van der Waals surface area (Å²) < 4.78 is 0. The van der Waals surface area contributed by atoms with Gasteiger partial charge in [-0.25, -0.2) is 0 Å². The molecule has 0 aromatic heterocycles. The fraction of sp³-hybridized carbons (Fsp3) is 0.647. The maximum absolute atomic E-state index is 6.05. The van der Waals surface area contributed by atoms with E-state index < -0.39 is 0 Å². The van der Waals surface area contributed by atoms with Gasteiger partial charge < -0.3 is 10.6 Å². The van der Waals surface area contributed by atoms with Crippen LogP contribution in [0.15, 0.2) is 24.3 Å². The lowest BCUT2D eigenvalue weighted by Gasteiger charge is -2.38. The zero-order chi connectivity index (χ0) is 14.5. The fourth-order valence-electron chi connectivity index (χ4n) is 2.99. The molecule has 1 aliphatic heterocycles. The molecule has 0 bridgehead atoms. The number of piperazine rings is 1. The molecule has 2 rings (SSSR count). The first kappa shape index (κ1) is 15.5. The van der Waals surface area contributed by atoms with Crippen molar-refractivity contribution in [1.82, 2.24) is 9.80 Å². The van der Waals surface area contributed by atoms with Crippen LogP contribution in [0, 0.1) is 0 Å². The van der Waals surface area contributed by atoms with Crippen LogP contribution in [0.5, 0.6) is 0 Å². The van der Waals surface area contributed by atoms with Gasteiger partial charge in [-0.15, -0.1) is 0 Å². The summed E-state index contributed by atoms with van der Waals surface area (Å²) in [5.41, 5.74) is 8.81. The van der Waals surface area contributed by atoms with E-state index in [2.05, 4.69) is 54.8 Å². The lowest BCUT2D eigenvalue weighted by Crippen LogP contribution is -2.48. The highest BCUT2D eigenvalue weighted by Crippen LogP contribution is 2.23. The van der Waals surface area contributed by atoms with Crippen LogP contribution in [0.3, 0.4) is 0 Å². The summed E-state index contributed by atoms with van der Waals surface area (Å²) in [6.45, 7) is 13.1. The Balaban J connectivity index is 2.04. The predicted molar refractivity (Wildman–Crippen MR) is 86.0 cm³/mol. The van der Waals surface area contributed by atoms with Crippen LogP contribution in [0.25, 0.3) is 0 Å². The van der Waals surface area contributed by atoms with E-state index >= 15 is 0 Å². The van der Waals surface area contributed by atoms with Crippen LogP contribution < -0.4 is 5.73 Å². The number of hydrogen-bond donors (Lipinski definition) is 1. The monoisotopic (exact) mass is 275 g/mol. The van der Waals surface area contributed by atoms with Crippen LogP contribution in [0.4, 0.5) is 0 Å². The number of rotatable bonds is 5. The van der Waals surface area contributed by atoms with Crippen molar-refractivity contribution in [3.63, 3.8) is 0 Å². The van der Waals surface area contributed by atoms with E-state index in [0.29, 0.717) is 18.5 Å². The lowest BCUT2D eigenvalue weighted by molar-refractivity contribution is 0.102. The van der Waals surface area contributed by atoms with Crippen LogP contribution in [-0.4, -0.2) is 49.1 Å². The van der Waals surface area contributed by atoms with Crippen molar-refractivity contribution in [1.29, 1.82) is 0 Å². The Kier molecular flexibility index (Phi) is 5.58. The molecule has 0 radical (unpaired) electrons. The van der Waals surface area contributed by atoms with Gasteiger partial charge in [-0.3, -0.25) is 4.90 Å². The molecular formula is C17H29N3. The highest BCUT2D eigenvalue weighted by atomic mass is 15.3. The zero-order valence-corrected chi connectivity index (χ0v) is 13.2. The Bertz CT molecular complexity index is 391. The third-order valence-corrected chi connectivity index (χ3v) is 4.51. The maximum atomic E-state index is 6.05. The van der Waals surface area contributed by atoms with Gasteiger partial charge in [0.25, 0.3) is 0 Å². The molecule has 0 spiro atoms. The van der Waals surface area contributed by atoms with Gasteiger partial charge in [-0.2, -0.15) is 0 Å². The van der Waals surface area contributed by atoms with Gasteiger partial charge in [0.15, 0.2) is 0 Å². The number of nitrogens with two attached hydrogens (primary N) is 1. The fourth-order valence-corrected chi connectivity index (χ4v) is 2.99. The molecule has 3 nitrogen and oxygen atoms in total. The third kappa shape index (κ3) is 3.60. The molecule has 0 amide bonds. The van der Waals surface area contributed by atoms with E-state index in [1.54, 1.807) is 0 Å². The van der Waals surface area contributed by atoms with Gasteiger partial charge in [-0.05, 0) is 23.6 Å². The maximum Gasteiger partial charge on any atom is 0.0471 e. The van der Waals surface area contributed by atoms with Gasteiger partial charge in [0.2, 0.25) is 0 Å². The van der Waals surface area contributed by atoms with Crippen molar-refractivity contribution in [2.24, 2.45) is 5.73 Å². The van der Waals surface area contributed by atoms with Crippen molar-refractivity contribution in [3.8, 4) is 0 Å². The molecule has 1 fully saturated rings. The zero-order valence-electron chi connectivity index (χ0n) is 13.2. The number of likely N-dealkylation sites (N-methyl/N-ethyl adjacent to an activating group) is 1. The standard InChI is InChI=1S/C17H29N3/c1-4-19-9-11-20(12-10-19)17(13-18)16-7-5-15(6-8-16)14(2)3/h5-8,14,17H,4,9-13,18H2,1-3H3. The average Bonchev–Trinajstić information content (AvgIpc) is 2.49. The van der Waals surface area contributed by atoms with Crippen LogP contribution in [0.1, 0.15) is 43.9 Å². The average molecular weight is 275 g/mol. The molecule has 0 aliphatic carbocycles. The Morgan fingerprint density at radius 1 is 1.00 bits per heavy atom. The van der Waals surface area contributed by atoms with Crippen molar-refractivity contribution < 1.29 is 0 Å². The minimum Gasteiger partial charge on any atom is -0.329 e. The van der Waals surface area contributed by atoms with Crippen molar-refractivity contribution in [3.05, 3.63) is 35.4 Å². The molecule has 1 unspecified atom stereocenters. The molecule has 1 heterocycles. The molecule has 3 heteroatoms. The van der Waals surface area contributed by atoms with Gasteiger partial charge in [0.1, 0.15) is 0 Å². The second kappa shape index (κ2) is 7.21. The van der Waals surface area contributed by atoms with E-state index in [0.717, 1.165) is 32.7 Å². The second-order valence-electron chi connectivity index (χ2n) is 6.04. The first-order chi connectivity index (χ1) is 9.65. The highest BCUT2D eigenvalue weighted by Gasteiger charge is 2.23. The van der Waals surface area contributed by atoms with Crippen LogP contribution in [-0.2, 0) is 0 Å². The smallest absolute Gasteiger partial charge is 0.0471 e. The summed E-state index contributed by atoms with van der Waals surface area (Å²) >= 11 is 0. The van der Waals surface area contributed by atoms with Crippen molar-refractivity contribution in [2.75, 3.05) is 39.3 Å². The molecule has 1 aliphatic rings. The second-order valence-corrected chi connectivity index (χ2v) is 6.04. The summed E-state index contributed by atoms with van der Waals surface area (Å²) in [7, 11) is 0. The summed E-state index contributed by atoms with van der Waals surface area (Å²) in [5, 5.41) is 0. The lowest BCUT2D eigenvalue weighted by atomic mass is 9.98. The summed E-state index contributed by atoms with van der Waals surface area (Å²) in [6.07, 6.45) is 0. The van der Waals surface area contributed by atoms with E-state index in [-0.39, 0.29) is 0 Å². The van der Waals surface area contributed by atoms with Crippen LogP contribution >= 0.6 is 0 Å². The Hall–Kier alpha value is -0.900. The quantitative estimate of drug-likeness (QED) is 0.896. The summed E-state index contributed by atoms with van der Waals surface area (Å²) in [6, 6.07) is 9.41. The molecule has 0 saturated carbocycles. The summed E-state index contributed by atoms with van der Waals surface area (Å²) in [5.74, 6) is 0.591. The largest absolute Gasteiger partial charge is 0.329 e. The molecular weight excluding hydrogens is 246 g/mol. The first-order valence-corrected chi connectivity index (χ1v) is 7.92. The SMILES string of the molecule is CCN1CCN(C(CN)c2ccc(C(C)C)cc2)CC1. The Labute approximate surface area is 123 Å². The molecule has 112 valence electrons. The van der Waals surface area contributed by atoms with Gasteiger partial charge in [-0.1, -0.05) is 45.0 Å². The molecule has 1 atom stereocenters. The molecule has 20 heavy (non-hydrogen) atoms. The third-order valence-electron chi connectivity index (χ3n) is 4.51. The number of hydrogen-bond acceptors (Lipinski definition) is 3. The Morgan fingerprint density at radius 3 is 2.00 bits per heavy atom. The minimum atomic E-state index is 0.371. The van der Waals surface area contributed by atoms with Gasteiger partial charge in [0, 0.05) is 38.8 Å². The molecule has 1 saturated heterocycles. The van der Waals surface area contributed by atoms with E-state index in [9.17, 15) is 0 Å². The molecule has 1 aromatic rings. The summed E-state index contributed by atoms with van der Waals surface area (Å²) in [4.78, 5) is 5.04. The van der Waals surface area contributed by atoms with E-state index in [1.807, 2.05) is 0 Å². The van der Waals surface area contributed by atoms with Gasteiger partial charge in [0.05, 0.1) is 0 Å². The molecule has 1 aromatic carbocycles. The minimum absolute atomic E-state index is 0.371. The predicted octanol–water partition coefficient (Wildman–Crippen LogP) is 2.45. The Morgan fingerprint density at radius 2 is 1.55 bits per heavy atom. The number of nitrogens with zero attached hydrogens (tertiary/aromatic N) is 2. The van der Waals surface area contributed by atoms with Gasteiger partial charge >= 0.3 is 0 Å². The normalized spacial score (nSPS) is 19.4. The highest BCUT2D eigenvalue weighted by molar-refractivity contribution is 5.27.